The van der Waals surface area contributed by atoms with Crippen molar-refractivity contribution in [1.29, 1.82) is 0 Å². The van der Waals surface area contributed by atoms with Crippen LogP contribution >= 0.6 is 0 Å². The molecular weight excluding hydrogens is 381 g/mol. The van der Waals surface area contributed by atoms with Gasteiger partial charge in [-0.2, -0.15) is 0 Å². The summed E-state index contributed by atoms with van der Waals surface area (Å²) in [7, 11) is 0. The Morgan fingerprint density at radius 3 is 1.97 bits per heavy atom. The molecule has 158 valence electrons. The lowest BCUT2D eigenvalue weighted by Crippen LogP contribution is -2.54. The smallest absolute Gasteiger partial charge is 0.312 e. The minimum absolute atomic E-state index is 0.258. The molecule has 5 nitrogen and oxygen atoms in total. The van der Waals surface area contributed by atoms with Gasteiger partial charge in [-0.25, -0.2) is 4.39 Å². The van der Waals surface area contributed by atoms with Crippen molar-refractivity contribution >= 4 is 17.5 Å². The number of halogens is 1. The minimum Gasteiger partial charge on any atom is -0.366 e. The van der Waals surface area contributed by atoms with E-state index in [9.17, 15) is 14.0 Å². The van der Waals surface area contributed by atoms with E-state index in [4.69, 9.17) is 0 Å². The zero-order valence-electron chi connectivity index (χ0n) is 17.2. The van der Waals surface area contributed by atoms with E-state index in [-0.39, 0.29) is 5.82 Å². The van der Waals surface area contributed by atoms with E-state index >= 15 is 0 Å². The van der Waals surface area contributed by atoms with Gasteiger partial charge < -0.3 is 14.7 Å². The number of hydrogen-bond acceptors (Lipinski definition) is 3. The lowest BCUT2D eigenvalue weighted by atomic mass is 9.90. The topological polar surface area (TPSA) is 43.9 Å². The number of carbonyl (C=O) groups excluding carboxylic acids is 2. The third kappa shape index (κ3) is 4.64. The molecule has 2 saturated heterocycles. The third-order valence-corrected chi connectivity index (χ3v) is 6.21. The number of carbonyl (C=O) groups is 2. The SMILES string of the molecule is O=C(C(=O)N1CCN(c2ccccc2F)CC1)N1CCC(Cc2ccccc2)CC1. The average Bonchev–Trinajstić information content (AvgIpc) is 2.80. The van der Waals surface area contributed by atoms with Crippen LogP contribution in [0.15, 0.2) is 54.6 Å². The van der Waals surface area contributed by atoms with Gasteiger partial charge >= 0.3 is 11.8 Å². The maximum Gasteiger partial charge on any atom is 0.312 e. The van der Waals surface area contributed by atoms with Gasteiger partial charge in [0.15, 0.2) is 0 Å². The predicted molar refractivity (Wildman–Crippen MR) is 115 cm³/mol. The van der Waals surface area contributed by atoms with Crippen LogP contribution in [0.25, 0.3) is 0 Å². The minimum atomic E-state index is -0.426. The molecule has 2 aromatic carbocycles. The highest BCUT2D eigenvalue weighted by molar-refractivity contribution is 6.34. The summed E-state index contributed by atoms with van der Waals surface area (Å²) in [4.78, 5) is 30.7. The van der Waals surface area contributed by atoms with Crippen LogP contribution in [0.3, 0.4) is 0 Å². The largest absolute Gasteiger partial charge is 0.366 e. The van der Waals surface area contributed by atoms with E-state index in [0.717, 1.165) is 19.3 Å². The number of likely N-dealkylation sites (tertiary alicyclic amines) is 1. The molecule has 2 heterocycles. The number of piperidine rings is 1. The Balaban J connectivity index is 1.26. The summed E-state index contributed by atoms with van der Waals surface area (Å²) < 4.78 is 14.0. The van der Waals surface area contributed by atoms with Gasteiger partial charge in [0.1, 0.15) is 5.82 Å². The Kier molecular flexibility index (Phi) is 6.31. The van der Waals surface area contributed by atoms with Crippen LogP contribution in [0.1, 0.15) is 18.4 Å². The zero-order chi connectivity index (χ0) is 20.9. The van der Waals surface area contributed by atoms with Gasteiger partial charge in [-0.05, 0) is 42.9 Å². The van der Waals surface area contributed by atoms with Crippen molar-refractivity contribution in [2.45, 2.75) is 19.3 Å². The Morgan fingerprint density at radius 1 is 0.767 bits per heavy atom. The van der Waals surface area contributed by atoms with Crippen molar-refractivity contribution in [3.8, 4) is 0 Å². The summed E-state index contributed by atoms with van der Waals surface area (Å²) in [6, 6.07) is 17.1. The Morgan fingerprint density at radius 2 is 1.33 bits per heavy atom. The molecule has 0 atom stereocenters. The maximum absolute atomic E-state index is 14.0. The van der Waals surface area contributed by atoms with E-state index in [0.29, 0.717) is 50.9 Å². The van der Waals surface area contributed by atoms with Crippen LogP contribution in [0.2, 0.25) is 0 Å². The van der Waals surface area contributed by atoms with Gasteiger partial charge in [0.05, 0.1) is 5.69 Å². The normalized spacial score (nSPS) is 17.8. The lowest BCUT2D eigenvalue weighted by Gasteiger charge is -2.37. The number of amides is 2. The summed E-state index contributed by atoms with van der Waals surface area (Å²) in [5, 5.41) is 0. The van der Waals surface area contributed by atoms with Crippen LogP contribution in [0.4, 0.5) is 10.1 Å². The van der Waals surface area contributed by atoms with Gasteiger partial charge in [0.25, 0.3) is 0 Å². The summed E-state index contributed by atoms with van der Waals surface area (Å²) >= 11 is 0. The van der Waals surface area contributed by atoms with Crippen LogP contribution < -0.4 is 4.90 Å². The molecular formula is C24H28FN3O2. The first-order valence-electron chi connectivity index (χ1n) is 10.7. The van der Waals surface area contributed by atoms with Crippen molar-refractivity contribution in [3.05, 3.63) is 66.0 Å². The van der Waals surface area contributed by atoms with Crippen molar-refractivity contribution in [2.24, 2.45) is 5.92 Å². The molecule has 2 aromatic rings. The first-order valence-corrected chi connectivity index (χ1v) is 10.7. The molecule has 2 aliphatic heterocycles. The van der Waals surface area contributed by atoms with Crippen LogP contribution in [-0.2, 0) is 16.0 Å². The Bertz CT molecular complexity index is 873. The summed E-state index contributed by atoms with van der Waals surface area (Å²) in [5.41, 5.74) is 1.88. The maximum atomic E-state index is 14.0. The van der Waals surface area contributed by atoms with Crippen molar-refractivity contribution in [2.75, 3.05) is 44.2 Å². The molecule has 30 heavy (non-hydrogen) atoms. The molecule has 0 radical (unpaired) electrons. The molecule has 2 fully saturated rings. The van der Waals surface area contributed by atoms with Gasteiger partial charge in [-0.1, -0.05) is 42.5 Å². The van der Waals surface area contributed by atoms with Crippen LogP contribution in [-0.4, -0.2) is 60.9 Å². The number of nitrogens with zero attached hydrogens (tertiary/aromatic N) is 3. The number of piperazine rings is 1. The molecule has 0 N–H and O–H groups in total. The van der Waals surface area contributed by atoms with Gasteiger partial charge in [0, 0.05) is 39.3 Å². The van der Waals surface area contributed by atoms with E-state index in [1.807, 2.05) is 11.0 Å². The molecule has 0 saturated carbocycles. The first-order chi connectivity index (χ1) is 14.6. The summed E-state index contributed by atoms with van der Waals surface area (Å²) in [5.74, 6) is -0.528. The highest BCUT2D eigenvalue weighted by Gasteiger charge is 2.32. The van der Waals surface area contributed by atoms with E-state index in [1.54, 1.807) is 28.0 Å². The molecule has 0 unspecified atom stereocenters. The number of hydrogen-bond donors (Lipinski definition) is 0. The van der Waals surface area contributed by atoms with Crippen LogP contribution in [0, 0.1) is 11.7 Å². The van der Waals surface area contributed by atoms with Crippen molar-refractivity contribution < 1.29 is 14.0 Å². The Hall–Kier alpha value is -2.89. The number of benzene rings is 2. The third-order valence-electron chi connectivity index (χ3n) is 6.21. The number of para-hydroxylation sites is 1. The Labute approximate surface area is 177 Å². The fourth-order valence-corrected chi connectivity index (χ4v) is 4.42. The summed E-state index contributed by atoms with van der Waals surface area (Å²) in [6.07, 6.45) is 2.87. The average molecular weight is 410 g/mol. The molecule has 2 aliphatic rings. The number of anilines is 1. The second-order valence-electron chi connectivity index (χ2n) is 8.16. The van der Waals surface area contributed by atoms with Gasteiger partial charge in [-0.3, -0.25) is 9.59 Å². The van der Waals surface area contributed by atoms with Crippen molar-refractivity contribution in [3.63, 3.8) is 0 Å². The molecule has 0 aromatic heterocycles. The highest BCUT2D eigenvalue weighted by Crippen LogP contribution is 2.23. The highest BCUT2D eigenvalue weighted by atomic mass is 19.1. The predicted octanol–water partition coefficient (Wildman–Crippen LogP) is 2.96. The summed E-state index contributed by atoms with van der Waals surface area (Å²) in [6.45, 7) is 3.19. The fourth-order valence-electron chi connectivity index (χ4n) is 4.42. The van der Waals surface area contributed by atoms with Crippen LogP contribution in [0.5, 0.6) is 0 Å². The van der Waals surface area contributed by atoms with Crippen molar-refractivity contribution in [1.82, 2.24) is 9.80 Å². The van der Waals surface area contributed by atoms with E-state index in [2.05, 4.69) is 24.3 Å². The number of rotatable bonds is 3. The van der Waals surface area contributed by atoms with E-state index in [1.165, 1.54) is 11.6 Å². The fraction of sp³-hybridized carbons (Fsp3) is 0.417. The van der Waals surface area contributed by atoms with E-state index < -0.39 is 11.8 Å². The second kappa shape index (κ2) is 9.28. The lowest BCUT2D eigenvalue weighted by molar-refractivity contribution is -0.152. The van der Waals surface area contributed by atoms with Gasteiger partial charge in [-0.15, -0.1) is 0 Å². The zero-order valence-corrected chi connectivity index (χ0v) is 17.2. The monoisotopic (exact) mass is 409 g/mol. The molecule has 6 heteroatoms. The molecule has 4 rings (SSSR count). The molecule has 2 amide bonds. The quantitative estimate of drug-likeness (QED) is 0.732. The standard InChI is InChI=1S/C24H28FN3O2/c25-21-8-4-5-9-22(21)26-14-16-28(17-15-26)24(30)23(29)27-12-10-20(11-13-27)18-19-6-2-1-3-7-19/h1-9,20H,10-18H2. The molecule has 0 bridgehead atoms. The second-order valence-corrected chi connectivity index (χ2v) is 8.16. The molecule has 0 aliphatic carbocycles. The van der Waals surface area contributed by atoms with Gasteiger partial charge in [0.2, 0.25) is 0 Å². The molecule has 0 spiro atoms. The first kappa shape index (κ1) is 20.4.